The number of aromatic nitrogens is 2. The van der Waals surface area contributed by atoms with Crippen LogP contribution < -0.4 is 0 Å². The third-order valence-electron chi connectivity index (χ3n) is 2.99. The van der Waals surface area contributed by atoms with Crippen LogP contribution in [0.15, 0.2) is 65.6 Å². The Morgan fingerprint density at radius 1 is 1.27 bits per heavy atom. The van der Waals surface area contributed by atoms with Crippen molar-refractivity contribution < 1.29 is 9.53 Å². The number of para-hydroxylation sites is 1. The van der Waals surface area contributed by atoms with E-state index in [0.717, 1.165) is 16.8 Å². The van der Waals surface area contributed by atoms with E-state index < -0.39 is 0 Å². The van der Waals surface area contributed by atoms with Gasteiger partial charge in [0.1, 0.15) is 6.61 Å². The number of carbonyl (C=O) groups is 1. The maximum Gasteiger partial charge on any atom is 0.331 e. The zero-order valence-corrected chi connectivity index (χ0v) is 12.6. The van der Waals surface area contributed by atoms with Crippen LogP contribution in [0.25, 0.3) is 11.8 Å². The number of nitrogens with zero attached hydrogens (tertiary/aromatic N) is 2. The molecule has 110 valence electrons. The number of rotatable bonds is 5. The largest absolute Gasteiger partial charge is 0.458 e. The Morgan fingerprint density at radius 2 is 2.14 bits per heavy atom. The van der Waals surface area contributed by atoms with Crippen molar-refractivity contribution in [1.29, 1.82) is 0 Å². The van der Waals surface area contributed by atoms with E-state index in [1.807, 2.05) is 53.4 Å². The van der Waals surface area contributed by atoms with Gasteiger partial charge in [0.05, 0.1) is 11.9 Å². The Bertz CT molecular complexity index is 761. The van der Waals surface area contributed by atoms with E-state index >= 15 is 0 Å². The van der Waals surface area contributed by atoms with E-state index in [0.29, 0.717) is 0 Å². The van der Waals surface area contributed by atoms with Gasteiger partial charge in [-0.1, -0.05) is 18.2 Å². The van der Waals surface area contributed by atoms with Gasteiger partial charge >= 0.3 is 5.97 Å². The minimum Gasteiger partial charge on any atom is -0.458 e. The second-order valence-electron chi connectivity index (χ2n) is 4.63. The second kappa shape index (κ2) is 6.87. The second-order valence-corrected chi connectivity index (χ2v) is 5.41. The van der Waals surface area contributed by atoms with Gasteiger partial charge in [-0.05, 0) is 40.6 Å². The third kappa shape index (κ3) is 3.71. The zero-order chi connectivity index (χ0) is 15.2. The Labute approximate surface area is 132 Å². The molecule has 4 nitrogen and oxygen atoms in total. The van der Waals surface area contributed by atoms with Crippen molar-refractivity contribution in [2.75, 3.05) is 0 Å². The van der Waals surface area contributed by atoms with Crippen LogP contribution in [0.5, 0.6) is 0 Å². The summed E-state index contributed by atoms with van der Waals surface area (Å²) in [4.78, 5) is 11.7. The summed E-state index contributed by atoms with van der Waals surface area (Å²) in [7, 11) is 0. The minimum atomic E-state index is -0.362. The van der Waals surface area contributed by atoms with Crippen LogP contribution in [0, 0.1) is 0 Å². The van der Waals surface area contributed by atoms with Crippen LogP contribution in [0.4, 0.5) is 0 Å². The van der Waals surface area contributed by atoms with Crippen molar-refractivity contribution in [2.24, 2.45) is 0 Å². The summed E-state index contributed by atoms with van der Waals surface area (Å²) in [5.74, 6) is -0.362. The predicted molar refractivity (Wildman–Crippen MR) is 86.7 cm³/mol. The smallest absolute Gasteiger partial charge is 0.331 e. The number of carbonyl (C=O) groups excluding carboxylic acids is 1. The van der Waals surface area contributed by atoms with Crippen LogP contribution in [0.3, 0.4) is 0 Å². The number of ether oxygens (including phenoxy) is 1. The first kappa shape index (κ1) is 14.3. The van der Waals surface area contributed by atoms with Gasteiger partial charge in [-0.2, -0.15) is 16.4 Å². The van der Waals surface area contributed by atoms with Gasteiger partial charge in [-0.3, -0.25) is 0 Å². The van der Waals surface area contributed by atoms with Gasteiger partial charge in [-0.25, -0.2) is 9.48 Å². The molecule has 0 unspecified atom stereocenters. The molecule has 0 bridgehead atoms. The van der Waals surface area contributed by atoms with Gasteiger partial charge in [0.2, 0.25) is 0 Å². The fraction of sp³-hybridized carbons (Fsp3) is 0.0588. The van der Waals surface area contributed by atoms with E-state index in [1.165, 1.54) is 6.08 Å². The summed E-state index contributed by atoms with van der Waals surface area (Å²) in [5, 5.41) is 8.19. The number of hydrogen-bond acceptors (Lipinski definition) is 4. The molecule has 22 heavy (non-hydrogen) atoms. The molecule has 0 aliphatic rings. The molecule has 2 aromatic heterocycles. The van der Waals surface area contributed by atoms with Crippen molar-refractivity contribution in [2.45, 2.75) is 6.61 Å². The highest BCUT2D eigenvalue weighted by atomic mass is 32.1. The molecule has 0 amide bonds. The molecule has 0 saturated carbocycles. The Hall–Kier alpha value is -2.66. The maximum absolute atomic E-state index is 11.7. The standard InChI is InChI=1S/C17H14N2O2S/c20-17(7-6-14-8-9-22-13-14)21-12-15-10-18-19(11-15)16-4-2-1-3-5-16/h1-11,13H,12H2/b7-6+. The molecule has 0 radical (unpaired) electrons. The van der Waals surface area contributed by atoms with Gasteiger partial charge in [0.25, 0.3) is 0 Å². The first-order valence-electron chi connectivity index (χ1n) is 6.77. The first-order valence-corrected chi connectivity index (χ1v) is 7.71. The monoisotopic (exact) mass is 310 g/mol. The average Bonchev–Trinajstić information content (AvgIpc) is 3.23. The highest BCUT2D eigenvalue weighted by molar-refractivity contribution is 7.08. The van der Waals surface area contributed by atoms with Crippen molar-refractivity contribution >= 4 is 23.4 Å². The fourth-order valence-corrected chi connectivity index (χ4v) is 2.52. The van der Waals surface area contributed by atoms with Crippen molar-refractivity contribution in [1.82, 2.24) is 9.78 Å². The normalized spacial score (nSPS) is 10.9. The van der Waals surface area contributed by atoms with Gasteiger partial charge in [-0.15, -0.1) is 0 Å². The molecule has 3 rings (SSSR count). The van der Waals surface area contributed by atoms with E-state index in [1.54, 1.807) is 28.3 Å². The summed E-state index contributed by atoms with van der Waals surface area (Å²) in [6, 6.07) is 11.7. The number of hydrogen-bond donors (Lipinski definition) is 0. The van der Waals surface area contributed by atoms with E-state index in [-0.39, 0.29) is 12.6 Å². The predicted octanol–water partition coefficient (Wildman–Crippen LogP) is 3.69. The number of benzene rings is 1. The molecule has 0 saturated heterocycles. The lowest BCUT2D eigenvalue weighted by Crippen LogP contribution is -2.00. The SMILES string of the molecule is O=C(/C=C/c1ccsc1)OCc1cnn(-c2ccccc2)c1. The van der Waals surface area contributed by atoms with Crippen LogP contribution >= 0.6 is 11.3 Å². The van der Waals surface area contributed by atoms with Crippen molar-refractivity contribution in [3.8, 4) is 5.69 Å². The first-order chi connectivity index (χ1) is 10.8. The lowest BCUT2D eigenvalue weighted by atomic mass is 10.3. The summed E-state index contributed by atoms with van der Waals surface area (Å²) in [6.45, 7) is 0.208. The number of thiophene rings is 1. The Kier molecular flexibility index (Phi) is 4.46. The van der Waals surface area contributed by atoms with Crippen LogP contribution in [-0.4, -0.2) is 15.7 Å². The Morgan fingerprint density at radius 3 is 2.91 bits per heavy atom. The molecule has 3 aromatic rings. The molecule has 0 N–H and O–H groups in total. The van der Waals surface area contributed by atoms with Crippen LogP contribution in [0.2, 0.25) is 0 Å². The summed E-state index contributed by atoms with van der Waals surface area (Å²) < 4.78 is 6.95. The molecule has 0 spiro atoms. The Balaban J connectivity index is 1.56. The highest BCUT2D eigenvalue weighted by Crippen LogP contribution is 2.10. The van der Waals surface area contributed by atoms with E-state index in [4.69, 9.17) is 4.74 Å². The zero-order valence-electron chi connectivity index (χ0n) is 11.8. The van der Waals surface area contributed by atoms with Crippen LogP contribution in [0.1, 0.15) is 11.1 Å². The molecule has 0 aliphatic carbocycles. The van der Waals surface area contributed by atoms with E-state index in [9.17, 15) is 4.79 Å². The molecule has 0 aliphatic heterocycles. The molecular weight excluding hydrogens is 296 g/mol. The average molecular weight is 310 g/mol. The molecular formula is C17H14N2O2S. The lowest BCUT2D eigenvalue weighted by molar-refractivity contribution is -0.138. The van der Waals surface area contributed by atoms with E-state index in [2.05, 4.69) is 5.10 Å². The van der Waals surface area contributed by atoms with Crippen molar-refractivity contribution in [3.63, 3.8) is 0 Å². The van der Waals surface area contributed by atoms with Gasteiger partial charge in [0.15, 0.2) is 0 Å². The topological polar surface area (TPSA) is 44.1 Å². The molecule has 2 heterocycles. The van der Waals surface area contributed by atoms with Gasteiger partial charge in [0, 0.05) is 17.8 Å². The summed E-state index contributed by atoms with van der Waals surface area (Å²) in [5.41, 5.74) is 2.82. The fourth-order valence-electron chi connectivity index (χ4n) is 1.89. The molecule has 0 fully saturated rings. The molecule has 5 heteroatoms. The summed E-state index contributed by atoms with van der Waals surface area (Å²) >= 11 is 1.59. The van der Waals surface area contributed by atoms with Crippen LogP contribution in [-0.2, 0) is 16.1 Å². The highest BCUT2D eigenvalue weighted by Gasteiger charge is 2.03. The third-order valence-corrected chi connectivity index (χ3v) is 3.69. The van der Waals surface area contributed by atoms with Gasteiger partial charge < -0.3 is 4.74 Å². The maximum atomic E-state index is 11.7. The van der Waals surface area contributed by atoms with Crippen molar-refractivity contribution in [3.05, 3.63) is 76.8 Å². The minimum absolute atomic E-state index is 0.208. The summed E-state index contributed by atoms with van der Waals surface area (Å²) in [6.07, 6.45) is 6.73. The quantitative estimate of drug-likeness (QED) is 0.533. The molecule has 1 aromatic carbocycles. The molecule has 0 atom stereocenters. The lowest BCUT2D eigenvalue weighted by Gasteiger charge is -2.00. The number of esters is 1.